The Morgan fingerprint density at radius 2 is 2.08 bits per heavy atom. The van der Waals surface area contributed by atoms with E-state index in [0.717, 1.165) is 0 Å². The lowest BCUT2D eigenvalue weighted by molar-refractivity contribution is 0.190. The van der Waals surface area contributed by atoms with E-state index in [1.165, 1.54) is 0 Å². The molecule has 0 radical (unpaired) electrons. The lowest BCUT2D eigenvalue weighted by Gasteiger charge is -2.11. The van der Waals surface area contributed by atoms with Gasteiger partial charge in [-0.05, 0) is 20.8 Å². The molecule has 78 valence electrons. The normalized spacial score (nSPS) is 13.0. The van der Waals surface area contributed by atoms with Crippen molar-refractivity contribution < 1.29 is 9.84 Å². The molecule has 0 heterocycles. The summed E-state index contributed by atoms with van der Waals surface area (Å²) < 4.78 is 5.14. The first-order chi connectivity index (χ1) is 6.02. The summed E-state index contributed by atoms with van der Waals surface area (Å²) in [6, 6.07) is 0. The van der Waals surface area contributed by atoms with Crippen molar-refractivity contribution in [3.63, 3.8) is 0 Å². The molecule has 0 aliphatic heterocycles. The number of aliphatic hydroxyl groups is 1. The Morgan fingerprint density at radius 1 is 1.46 bits per heavy atom. The summed E-state index contributed by atoms with van der Waals surface area (Å²) in [5.41, 5.74) is 0. The molecule has 4 nitrogen and oxygen atoms in total. The van der Waals surface area contributed by atoms with Gasteiger partial charge in [-0.15, -0.1) is 0 Å². The van der Waals surface area contributed by atoms with Crippen molar-refractivity contribution in [3.8, 4) is 0 Å². The topological polar surface area (TPSA) is 65.3 Å². The zero-order chi connectivity index (χ0) is 10.3. The number of hydrogen-bond donors (Lipinski definition) is 3. The van der Waals surface area contributed by atoms with Gasteiger partial charge in [-0.3, -0.25) is 5.41 Å². The van der Waals surface area contributed by atoms with Crippen molar-refractivity contribution in [3.05, 3.63) is 0 Å². The van der Waals surface area contributed by atoms with E-state index >= 15 is 0 Å². The van der Waals surface area contributed by atoms with Crippen LogP contribution in [-0.2, 0) is 4.74 Å². The standard InChI is InChI=1S/C9H20N2O2/c1-7(2)13-9(10)4-5-11-6-8(3)12/h7-8,10-12H,4-6H2,1-3H3/t8-/m0/s1. The molecule has 4 heteroatoms. The predicted molar refractivity (Wildman–Crippen MR) is 53.1 cm³/mol. The van der Waals surface area contributed by atoms with Crippen LogP contribution in [0.4, 0.5) is 0 Å². The fraction of sp³-hybridized carbons (Fsp3) is 0.889. The van der Waals surface area contributed by atoms with Gasteiger partial charge in [0.2, 0.25) is 0 Å². The number of rotatable bonds is 6. The van der Waals surface area contributed by atoms with E-state index in [9.17, 15) is 0 Å². The highest BCUT2D eigenvalue weighted by atomic mass is 16.5. The highest BCUT2D eigenvalue weighted by molar-refractivity contribution is 5.72. The van der Waals surface area contributed by atoms with Crippen LogP contribution < -0.4 is 5.32 Å². The van der Waals surface area contributed by atoms with Gasteiger partial charge in [-0.25, -0.2) is 0 Å². The summed E-state index contributed by atoms with van der Waals surface area (Å²) in [6.07, 6.45) is 0.315. The second-order valence-corrected chi connectivity index (χ2v) is 3.39. The van der Waals surface area contributed by atoms with Crippen LogP contribution in [0.25, 0.3) is 0 Å². The van der Waals surface area contributed by atoms with Gasteiger partial charge in [0.25, 0.3) is 0 Å². The van der Waals surface area contributed by atoms with Crippen molar-refractivity contribution in [2.24, 2.45) is 0 Å². The Balaban J connectivity index is 3.27. The Labute approximate surface area is 79.8 Å². The van der Waals surface area contributed by atoms with E-state index in [1.54, 1.807) is 6.92 Å². The Kier molecular flexibility index (Phi) is 6.54. The number of nitrogens with one attached hydrogen (secondary N) is 2. The van der Waals surface area contributed by atoms with E-state index in [2.05, 4.69) is 5.32 Å². The molecule has 0 aliphatic carbocycles. The van der Waals surface area contributed by atoms with E-state index in [1.807, 2.05) is 13.8 Å². The Morgan fingerprint density at radius 3 is 2.54 bits per heavy atom. The van der Waals surface area contributed by atoms with Gasteiger partial charge in [0.05, 0.1) is 12.2 Å². The molecule has 1 atom stereocenters. The van der Waals surface area contributed by atoms with Crippen LogP contribution >= 0.6 is 0 Å². The van der Waals surface area contributed by atoms with Crippen molar-refractivity contribution in [2.45, 2.75) is 39.4 Å². The average Bonchev–Trinajstić information content (AvgIpc) is 1.96. The monoisotopic (exact) mass is 188 g/mol. The Hall–Kier alpha value is -0.610. The molecule has 0 aromatic carbocycles. The highest BCUT2D eigenvalue weighted by Crippen LogP contribution is 1.92. The van der Waals surface area contributed by atoms with Crippen molar-refractivity contribution in [1.82, 2.24) is 5.32 Å². The maximum atomic E-state index is 8.92. The SMILES string of the molecule is CC(C)OC(=N)CCNC[C@H](C)O. The molecule has 0 aromatic heterocycles. The summed E-state index contributed by atoms with van der Waals surface area (Å²) in [5, 5.41) is 19.3. The molecular formula is C9H20N2O2. The first-order valence-corrected chi connectivity index (χ1v) is 4.65. The molecule has 0 rings (SSSR count). The summed E-state index contributed by atoms with van der Waals surface area (Å²) in [4.78, 5) is 0. The highest BCUT2D eigenvalue weighted by Gasteiger charge is 2.00. The quantitative estimate of drug-likeness (QED) is 0.327. The molecule has 0 saturated heterocycles. The average molecular weight is 188 g/mol. The molecule has 13 heavy (non-hydrogen) atoms. The van der Waals surface area contributed by atoms with Crippen LogP contribution in [-0.4, -0.2) is 36.3 Å². The molecule has 3 N–H and O–H groups in total. The number of aliphatic hydroxyl groups excluding tert-OH is 1. The van der Waals surface area contributed by atoms with E-state index < -0.39 is 0 Å². The maximum absolute atomic E-state index is 8.92. The molecule has 0 aromatic rings. The largest absolute Gasteiger partial charge is 0.478 e. The van der Waals surface area contributed by atoms with Crippen LogP contribution in [0, 0.1) is 5.41 Å². The first kappa shape index (κ1) is 12.4. The molecular weight excluding hydrogens is 168 g/mol. The van der Waals surface area contributed by atoms with E-state index in [-0.39, 0.29) is 12.2 Å². The third-order valence-corrected chi connectivity index (χ3v) is 1.35. The third-order valence-electron chi connectivity index (χ3n) is 1.35. The minimum atomic E-state index is -0.333. The second kappa shape index (κ2) is 6.86. The minimum absolute atomic E-state index is 0.0734. The lowest BCUT2D eigenvalue weighted by atomic mass is 10.3. The molecule has 0 amide bonds. The fourth-order valence-corrected chi connectivity index (χ4v) is 0.856. The first-order valence-electron chi connectivity index (χ1n) is 4.65. The van der Waals surface area contributed by atoms with Gasteiger partial charge >= 0.3 is 0 Å². The smallest absolute Gasteiger partial charge is 0.181 e. The molecule has 0 saturated carbocycles. The summed E-state index contributed by atoms with van der Waals surface area (Å²) >= 11 is 0. The number of hydrogen-bond acceptors (Lipinski definition) is 4. The van der Waals surface area contributed by atoms with Crippen LogP contribution in [0.1, 0.15) is 27.2 Å². The van der Waals surface area contributed by atoms with Crippen LogP contribution in [0.3, 0.4) is 0 Å². The zero-order valence-electron chi connectivity index (χ0n) is 8.63. The van der Waals surface area contributed by atoms with E-state index in [4.69, 9.17) is 15.3 Å². The van der Waals surface area contributed by atoms with Gasteiger partial charge in [0.1, 0.15) is 0 Å². The maximum Gasteiger partial charge on any atom is 0.181 e. The van der Waals surface area contributed by atoms with Crippen molar-refractivity contribution in [2.75, 3.05) is 13.1 Å². The summed E-state index contributed by atoms with van der Waals surface area (Å²) in [5.74, 6) is 0.299. The number of ether oxygens (including phenoxy) is 1. The van der Waals surface area contributed by atoms with Crippen LogP contribution in [0.5, 0.6) is 0 Å². The fourth-order valence-electron chi connectivity index (χ4n) is 0.856. The van der Waals surface area contributed by atoms with Gasteiger partial charge < -0.3 is 15.2 Å². The molecule has 0 bridgehead atoms. The zero-order valence-corrected chi connectivity index (χ0v) is 8.63. The summed E-state index contributed by atoms with van der Waals surface area (Å²) in [6.45, 7) is 6.77. The molecule has 0 unspecified atom stereocenters. The van der Waals surface area contributed by atoms with Crippen molar-refractivity contribution >= 4 is 5.90 Å². The predicted octanol–water partition coefficient (Wildman–Crippen LogP) is 0.749. The molecule has 0 aliphatic rings. The third kappa shape index (κ3) is 9.30. The lowest BCUT2D eigenvalue weighted by Crippen LogP contribution is -2.27. The van der Waals surface area contributed by atoms with Crippen LogP contribution in [0.15, 0.2) is 0 Å². The van der Waals surface area contributed by atoms with Gasteiger partial charge in [0, 0.05) is 19.5 Å². The Bertz CT molecular complexity index is 147. The van der Waals surface area contributed by atoms with Gasteiger partial charge in [-0.2, -0.15) is 0 Å². The van der Waals surface area contributed by atoms with Crippen LogP contribution in [0.2, 0.25) is 0 Å². The van der Waals surface area contributed by atoms with E-state index in [0.29, 0.717) is 25.4 Å². The molecule has 0 fully saturated rings. The van der Waals surface area contributed by atoms with Gasteiger partial charge in [-0.1, -0.05) is 0 Å². The minimum Gasteiger partial charge on any atom is -0.478 e. The summed E-state index contributed by atoms with van der Waals surface area (Å²) in [7, 11) is 0. The van der Waals surface area contributed by atoms with Crippen molar-refractivity contribution in [1.29, 1.82) is 5.41 Å². The van der Waals surface area contributed by atoms with Gasteiger partial charge in [0.15, 0.2) is 5.90 Å². The molecule has 0 spiro atoms. The second-order valence-electron chi connectivity index (χ2n) is 3.39.